The average Bonchev–Trinajstić information content (AvgIpc) is 2.50. The molecule has 1 heterocycles. The maximum atomic E-state index is 9.10. The van der Waals surface area contributed by atoms with Gasteiger partial charge in [0.2, 0.25) is 0 Å². The van der Waals surface area contributed by atoms with E-state index in [0.717, 1.165) is 26.0 Å². The first-order chi connectivity index (χ1) is 5.33. The smallest absolute Gasteiger partial charge is 0.0670 e. The zero-order chi connectivity index (χ0) is 8.16. The van der Waals surface area contributed by atoms with E-state index in [0.29, 0.717) is 6.61 Å². The molecule has 1 saturated heterocycles. The predicted octanol–water partition coefficient (Wildman–Crippen LogP) is 0.137. The van der Waals surface area contributed by atoms with Crippen molar-refractivity contribution in [3.8, 4) is 0 Å². The van der Waals surface area contributed by atoms with Gasteiger partial charge in [0.05, 0.1) is 18.8 Å². The van der Waals surface area contributed by atoms with E-state index in [1.807, 2.05) is 6.92 Å². The first-order valence-electron chi connectivity index (χ1n) is 4.26. The van der Waals surface area contributed by atoms with Crippen molar-refractivity contribution in [3.05, 3.63) is 0 Å². The van der Waals surface area contributed by atoms with Crippen LogP contribution in [0.2, 0.25) is 0 Å². The molecular weight excluding hydrogens is 142 g/mol. The van der Waals surface area contributed by atoms with Crippen LogP contribution < -0.4 is 5.32 Å². The van der Waals surface area contributed by atoms with E-state index in [2.05, 4.69) is 5.32 Å². The van der Waals surface area contributed by atoms with Gasteiger partial charge in [0.1, 0.15) is 0 Å². The van der Waals surface area contributed by atoms with Crippen LogP contribution in [0.3, 0.4) is 0 Å². The van der Waals surface area contributed by atoms with Crippen molar-refractivity contribution in [3.63, 3.8) is 0 Å². The summed E-state index contributed by atoms with van der Waals surface area (Å²) in [5.41, 5.74) is -0.129. The fourth-order valence-corrected chi connectivity index (χ4v) is 1.47. The number of aliphatic hydroxyl groups excluding tert-OH is 1. The maximum Gasteiger partial charge on any atom is 0.0670 e. The topological polar surface area (TPSA) is 41.5 Å². The first kappa shape index (κ1) is 8.97. The van der Waals surface area contributed by atoms with E-state index in [1.54, 1.807) is 0 Å². The van der Waals surface area contributed by atoms with Crippen molar-refractivity contribution < 1.29 is 9.84 Å². The molecule has 2 N–H and O–H groups in total. The summed E-state index contributed by atoms with van der Waals surface area (Å²) in [6.07, 6.45) is 2.18. The summed E-state index contributed by atoms with van der Waals surface area (Å²) in [5.74, 6) is 0. The minimum Gasteiger partial charge on any atom is -0.394 e. The number of hydrogen-bond acceptors (Lipinski definition) is 3. The molecule has 3 nitrogen and oxygen atoms in total. The van der Waals surface area contributed by atoms with Gasteiger partial charge in [0.15, 0.2) is 0 Å². The number of nitrogens with one attached hydrogen (secondary N) is 1. The fraction of sp³-hybridized carbons (Fsp3) is 1.00. The lowest BCUT2D eigenvalue weighted by Gasteiger charge is -2.26. The highest BCUT2D eigenvalue weighted by molar-refractivity contribution is 4.92. The molecule has 0 bridgehead atoms. The molecule has 0 aliphatic carbocycles. The lowest BCUT2D eigenvalue weighted by Crippen LogP contribution is -2.47. The van der Waals surface area contributed by atoms with Crippen molar-refractivity contribution in [1.29, 1.82) is 0 Å². The summed E-state index contributed by atoms with van der Waals surface area (Å²) < 4.78 is 5.29. The molecule has 1 unspecified atom stereocenters. The molecule has 1 rings (SSSR count). The third kappa shape index (κ3) is 2.15. The fourth-order valence-electron chi connectivity index (χ4n) is 1.47. The Morgan fingerprint density at radius 2 is 2.45 bits per heavy atom. The number of rotatable bonds is 4. The summed E-state index contributed by atoms with van der Waals surface area (Å²) in [6.45, 7) is 4.53. The van der Waals surface area contributed by atoms with Gasteiger partial charge < -0.3 is 15.2 Å². The van der Waals surface area contributed by atoms with Crippen LogP contribution >= 0.6 is 0 Å². The molecule has 0 saturated carbocycles. The number of ether oxygens (including phenoxy) is 1. The van der Waals surface area contributed by atoms with Crippen LogP contribution in [0.25, 0.3) is 0 Å². The van der Waals surface area contributed by atoms with Crippen LogP contribution in [-0.2, 0) is 4.74 Å². The van der Waals surface area contributed by atoms with Crippen molar-refractivity contribution in [2.75, 3.05) is 26.4 Å². The van der Waals surface area contributed by atoms with E-state index in [1.165, 1.54) is 0 Å². The number of hydrogen-bond donors (Lipinski definition) is 2. The molecular formula is C8H17NO2. The van der Waals surface area contributed by atoms with Crippen molar-refractivity contribution in [1.82, 2.24) is 5.32 Å². The summed E-state index contributed by atoms with van der Waals surface area (Å²) in [5, 5.41) is 12.4. The Bertz CT molecular complexity index is 111. The van der Waals surface area contributed by atoms with Gasteiger partial charge in [-0.1, -0.05) is 0 Å². The second-order valence-corrected chi connectivity index (χ2v) is 3.11. The molecule has 1 aliphatic rings. The van der Waals surface area contributed by atoms with Gasteiger partial charge in [0, 0.05) is 6.61 Å². The Balaban J connectivity index is 2.33. The second-order valence-electron chi connectivity index (χ2n) is 3.11. The molecule has 0 spiro atoms. The van der Waals surface area contributed by atoms with Crippen molar-refractivity contribution >= 4 is 0 Å². The highest BCUT2D eigenvalue weighted by atomic mass is 16.5. The largest absolute Gasteiger partial charge is 0.394 e. The molecule has 0 aromatic carbocycles. The predicted molar refractivity (Wildman–Crippen MR) is 43.5 cm³/mol. The van der Waals surface area contributed by atoms with Gasteiger partial charge in [-0.3, -0.25) is 0 Å². The van der Waals surface area contributed by atoms with Crippen LogP contribution in [0.15, 0.2) is 0 Å². The Hall–Kier alpha value is -0.120. The molecule has 0 amide bonds. The summed E-state index contributed by atoms with van der Waals surface area (Å²) in [6, 6.07) is 0. The van der Waals surface area contributed by atoms with Crippen LogP contribution in [-0.4, -0.2) is 37.0 Å². The van der Waals surface area contributed by atoms with Crippen LogP contribution in [0.5, 0.6) is 0 Å². The Kier molecular flexibility index (Phi) is 3.30. The van der Waals surface area contributed by atoms with E-state index in [4.69, 9.17) is 9.84 Å². The molecule has 0 aromatic heterocycles. The van der Waals surface area contributed by atoms with E-state index in [-0.39, 0.29) is 12.1 Å². The zero-order valence-electron chi connectivity index (χ0n) is 7.10. The van der Waals surface area contributed by atoms with Gasteiger partial charge in [-0.2, -0.15) is 0 Å². The SMILES string of the molecule is CCOCC1(CO)CCCN1. The quantitative estimate of drug-likeness (QED) is 0.613. The number of aliphatic hydroxyl groups is 1. The summed E-state index contributed by atoms with van der Waals surface area (Å²) in [7, 11) is 0. The Labute approximate surface area is 67.7 Å². The Morgan fingerprint density at radius 3 is 2.91 bits per heavy atom. The third-order valence-corrected chi connectivity index (χ3v) is 2.22. The molecule has 1 atom stereocenters. The average molecular weight is 159 g/mol. The van der Waals surface area contributed by atoms with Gasteiger partial charge in [0.25, 0.3) is 0 Å². The van der Waals surface area contributed by atoms with Crippen LogP contribution in [0.4, 0.5) is 0 Å². The molecule has 3 heteroatoms. The third-order valence-electron chi connectivity index (χ3n) is 2.22. The van der Waals surface area contributed by atoms with E-state index in [9.17, 15) is 0 Å². The van der Waals surface area contributed by atoms with Crippen LogP contribution in [0, 0.1) is 0 Å². The van der Waals surface area contributed by atoms with E-state index < -0.39 is 0 Å². The maximum absolute atomic E-state index is 9.10. The lowest BCUT2D eigenvalue weighted by molar-refractivity contribution is 0.0513. The zero-order valence-corrected chi connectivity index (χ0v) is 7.10. The van der Waals surface area contributed by atoms with Gasteiger partial charge >= 0.3 is 0 Å². The first-order valence-corrected chi connectivity index (χ1v) is 4.26. The molecule has 1 fully saturated rings. The molecule has 1 aliphatic heterocycles. The van der Waals surface area contributed by atoms with Gasteiger partial charge in [-0.05, 0) is 26.3 Å². The van der Waals surface area contributed by atoms with E-state index >= 15 is 0 Å². The molecule has 66 valence electrons. The van der Waals surface area contributed by atoms with Gasteiger partial charge in [-0.15, -0.1) is 0 Å². The molecule has 0 aromatic rings. The summed E-state index contributed by atoms with van der Waals surface area (Å²) in [4.78, 5) is 0. The van der Waals surface area contributed by atoms with Crippen molar-refractivity contribution in [2.45, 2.75) is 25.3 Å². The van der Waals surface area contributed by atoms with Crippen molar-refractivity contribution in [2.24, 2.45) is 0 Å². The van der Waals surface area contributed by atoms with Gasteiger partial charge in [-0.25, -0.2) is 0 Å². The van der Waals surface area contributed by atoms with Crippen LogP contribution in [0.1, 0.15) is 19.8 Å². The normalized spacial score (nSPS) is 31.1. The minimum absolute atomic E-state index is 0.129. The summed E-state index contributed by atoms with van der Waals surface area (Å²) >= 11 is 0. The monoisotopic (exact) mass is 159 g/mol. The molecule has 0 radical (unpaired) electrons. The molecule has 11 heavy (non-hydrogen) atoms. The highest BCUT2D eigenvalue weighted by Gasteiger charge is 2.32. The second kappa shape index (κ2) is 4.04. The lowest BCUT2D eigenvalue weighted by atomic mass is 10.0. The Morgan fingerprint density at radius 1 is 1.64 bits per heavy atom. The highest BCUT2D eigenvalue weighted by Crippen LogP contribution is 2.18. The standard InChI is InChI=1S/C8H17NO2/c1-2-11-7-8(6-10)4-3-5-9-8/h9-10H,2-7H2,1H3. The minimum atomic E-state index is -0.129.